The summed E-state index contributed by atoms with van der Waals surface area (Å²) < 4.78 is 18.0. The second-order valence-electron chi connectivity index (χ2n) is 3.17. The Morgan fingerprint density at radius 1 is 1.20 bits per heavy atom. The predicted octanol–water partition coefficient (Wildman–Crippen LogP) is 3.48. The van der Waals surface area contributed by atoms with Gasteiger partial charge in [-0.05, 0) is 35.8 Å². The van der Waals surface area contributed by atoms with E-state index >= 15 is 0 Å². The van der Waals surface area contributed by atoms with Gasteiger partial charge in [0.25, 0.3) is 0 Å². The van der Waals surface area contributed by atoms with Crippen molar-refractivity contribution < 1.29 is 9.13 Å². The van der Waals surface area contributed by atoms with Gasteiger partial charge in [-0.1, -0.05) is 19.9 Å². The molecule has 1 aromatic rings. The van der Waals surface area contributed by atoms with Crippen molar-refractivity contribution in [3.63, 3.8) is 0 Å². The summed E-state index contributed by atoms with van der Waals surface area (Å²) >= 11 is 0. The van der Waals surface area contributed by atoms with Crippen LogP contribution >= 0.6 is 0 Å². The normalized spacial score (nSPS) is 13.2. The average Bonchev–Trinajstić information content (AvgIpc) is 2.31. The maximum atomic E-state index is 12.8. The summed E-state index contributed by atoms with van der Waals surface area (Å²) in [5.74, 6) is 0.812. The minimum atomic E-state index is -0.159. The fourth-order valence-electron chi connectivity index (χ4n) is 1.60. The van der Waals surface area contributed by atoms with Gasteiger partial charge in [-0.3, -0.25) is 0 Å². The number of fused-ring (bicyclic) bond motifs is 1. The smallest absolute Gasteiger partial charge is 0.123 e. The molecule has 0 radical (unpaired) electrons. The molecule has 1 nitrogen and oxygen atoms in total. The molecule has 0 aromatic heterocycles. The lowest BCUT2D eigenvalue weighted by Gasteiger charge is -2.15. The fraction of sp³-hybridized carbons (Fsp3) is 0.385. The molecule has 0 spiro atoms. The Labute approximate surface area is 90.6 Å². The van der Waals surface area contributed by atoms with E-state index in [1.807, 2.05) is 26.0 Å². The minimum Gasteiger partial charge on any atom is -0.501 e. The SMILES string of the molecule is CC.COC1=CCc2cc(F)ccc2C1. The van der Waals surface area contributed by atoms with E-state index in [4.69, 9.17) is 4.74 Å². The third-order valence-corrected chi connectivity index (χ3v) is 2.34. The summed E-state index contributed by atoms with van der Waals surface area (Å²) in [6.07, 6.45) is 3.56. The Kier molecular flexibility index (Phi) is 4.35. The Morgan fingerprint density at radius 3 is 2.60 bits per heavy atom. The molecule has 0 bridgehead atoms. The largest absolute Gasteiger partial charge is 0.501 e. The van der Waals surface area contributed by atoms with Gasteiger partial charge in [-0.15, -0.1) is 0 Å². The first-order valence-corrected chi connectivity index (χ1v) is 5.30. The first-order valence-electron chi connectivity index (χ1n) is 5.30. The second-order valence-corrected chi connectivity index (χ2v) is 3.17. The molecule has 1 aliphatic carbocycles. The number of ether oxygens (including phenoxy) is 1. The van der Waals surface area contributed by atoms with Crippen LogP contribution in [-0.4, -0.2) is 7.11 Å². The summed E-state index contributed by atoms with van der Waals surface area (Å²) in [6, 6.07) is 4.92. The topological polar surface area (TPSA) is 9.23 Å². The van der Waals surface area contributed by atoms with E-state index in [0.29, 0.717) is 0 Å². The summed E-state index contributed by atoms with van der Waals surface area (Å²) in [6.45, 7) is 4.00. The number of halogens is 1. The van der Waals surface area contributed by atoms with Gasteiger partial charge in [0.1, 0.15) is 5.82 Å². The number of benzene rings is 1. The van der Waals surface area contributed by atoms with Crippen molar-refractivity contribution >= 4 is 0 Å². The van der Waals surface area contributed by atoms with E-state index in [-0.39, 0.29) is 5.82 Å². The number of allylic oxidation sites excluding steroid dienone is 2. The van der Waals surface area contributed by atoms with Gasteiger partial charge in [-0.2, -0.15) is 0 Å². The van der Waals surface area contributed by atoms with Crippen molar-refractivity contribution in [2.24, 2.45) is 0 Å². The molecule has 0 unspecified atom stereocenters. The van der Waals surface area contributed by atoms with Crippen LogP contribution in [0.4, 0.5) is 4.39 Å². The predicted molar refractivity (Wildman–Crippen MR) is 60.2 cm³/mol. The van der Waals surface area contributed by atoms with Gasteiger partial charge in [0.05, 0.1) is 12.9 Å². The van der Waals surface area contributed by atoms with Crippen LogP contribution in [0.5, 0.6) is 0 Å². The molecule has 82 valence electrons. The van der Waals surface area contributed by atoms with Gasteiger partial charge >= 0.3 is 0 Å². The quantitative estimate of drug-likeness (QED) is 0.686. The molecule has 15 heavy (non-hydrogen) atoms. The molecule has 0 saturated carbocycles. The first-order chi connectivity index (χ1) is 7.29. The van der Waals surface area contributed by atoms with E-state index in [0.717, 1.165) is 24.2 Å². The van der Waals surface area contributed by atoms with Crippen molar-refractivity contribution in [2.75, 3.05) is 7.11 Å². The molecular formula is C13H17FO. The van der Waals surface area contributed by atoms with Crippen LogP contribution < -0.4 is 0 Å². The molecule has 0 N–H and O–H groups in total. The Bertz CT molecular complexity index is 356. The van der Waals surface area contributed by atoms with Crippen molar-refractivity contribution in [2.45, 2.75) is 26.7 Å². The third kappa shape index (κ3) is 2.82. The van der Waals surface area contributed by atoms with Crippen molar-refractivity contribution in [1.82, 2.24) is 0 Å². The van der Waals surface area contributed by atoms with E-state index in [9.17, 15) is 4.39 Å². The maximum absolute atomic E-state index is 12.8. The monoisotopic (exact) mass is 208 g/mol. The first kappa shape index (κ1) is 11.8. The molecule has 0 saturated heterocycles. The molecule has 0 fully saturated rings. The van der Waals surface area contributed by atoms with Crippen LogP contribution in [0, 0.1) is 5.82 Å². The lowest BCUT2D eigenvalue weighted by atomic mass is 9.96. The lowest BCUT2D eigenvalue weighted by molar-refractivity contribution is 0.280. The molecule has 0 aliphatic heterocycles. The summed E-state index contributed by atoms with van der Waals surface area (Å²) in [5, 5.41) is 0. The van der Waals surface area contributed by atoms with E-state index < -0.39 is 0 Å². The Morgan fingerprint density at radius 2 is 1.93 bits per heavy atom. The van der Waals surface area contributed by atoms with Gasteiger partial charge in [-0.25, -0.2) is 4.39 Å². The van der Waals surface area contributed by atoms with Gasteiger partial charge < -0.3 is 4.74 Å². The van der Waals surface area contributed by atoms with E-state index in [1.165, 1.54) is 11.6 Å². The van der Waals surface area contributed by atoms with Crippen LogP contribution in [0.3, 0.4) is 0 Å². The van der Waals surface area contributed by atoms with Crippen LogP contribution in [0.15, 0.2) is 30.0 Å². The highest BCUT2D eigenvalue weighted by Crippen LogP contribution is 2.21. The van der Waals surface area contributed by atoms with Crippen molar-refractivity contribution in [3.05, 3.63) is 47.0 Å². The molecule has 2 heteroatoms. The number of methoxy groups -OCH3 is 1. The lowest BCUT2D eigenvalue weighted by Crippen LogP contribution is -2.04. The Balaban J connectivity index is 0.000000531. The van der Waals surface area contributed by atoms with Crippen LogP contribution in [0.1, 0.15) is 25.0 Å². The second kappa shape index (κ2) is 5.54. The zero-order valence-electron chi connectivity index (χ0n) is 9.51. The van der Waals surface area contributed by atoms with E-state index in [1.54, 1.807) is 13.2 Å². The molecule has 0 amide bonds. The van der Waals surface area contributed by atoms with Gasteiger partial charge in [0.15, 0.2) is 0 Å². The zero-order chi connectivity index (χ0) is 11.3. The molecular weight excluding hydrogens is 191 g/mol. The fourth-order valence-corrected chi connectivity index (χ4v) is 1.60. The maximum Gasteiger partial charge on any atom is 0.123 e. The average molecular weight is 208 g/mol. The highest BCUT2D eigenvalue weighted by atomic mass is 19.1. The highest BCUT2D eigenvalue weighted by molar-refractivity contribution is 5.35. The van der Waals surface area contributed by atoms with Crippen molar-refractivity contribution in [1.29, 1.82) is 0 Å². The Hall–Kier alpha value is -1.31. The molecule has 0 atom stereocenters. The minimum absolute atomic E-state index is 0.159. The number of rotatable bonds is 1. The molecule has 0 heterocycles. The number of hydrogen-bond acceptors (Lipinski definition) is 1. The van der Waals surface area contributed by atoms with Crippen LogP contribution in [0.2, 0.25) is 0 Å². The summed E-state index contributed by atoms with van der Waals surface area (Å²) in [5.41, 5.74) is 2.24. The molecule has 1 aromatic carbocycles. The van der Waals surface area contributed by atoms with Crippen molar-refractivity contribution in [3.8, 4) is 0 Å². The van der Waals surface area contributed by atoms with Crippen LogP contribution in [0.25, 0.3) is 0 Å². The zero-order valence-corrected chi connectivity index (χ0v) is 9.51. The van der Waals surface area contributed by atoms with Gasteiger partial charge in [0.2, 0.25) is 0 Å². The highest BCUT2D eigenvalue weighted by Gasteiger charge is 2.11. The summed E-state index contributed by atoms with van der Waals surface area (Å²) in [4.78, 5) is 0. The summed E-state index contributed by atoms with van der Waals surface area (Å²) in [7, 11) is 1.67. The molecule has 1 aliphatic rings. The van der Waals surface area contributed by atoms with E-state index in [2.05, 4.69) is 0 Å². The molecule has 2 rings (SSSR count). The van der Waals surface area contributed by atoms with Gasteiger partial charge in [0, 0.05) is 6.42 Å². The standard InChI is InChI=1S/C11H11FO.C2H6/c1-13-11-5-3-8-6-10(12)4-2-9(8)7-11;1-2/h2,4-6H,3,7H2,1H3;1-2H3. The number of hydrogen-bond donors (Lipinski definition) is 0. The van der Waals surface area contributed by atoms with Crippen LogP contribution in [-0.2, 0) is 17.6 Å². The third-order valence-electron chi connectivity index (χ3n) is 2.34.